The van der Waals surface area contributed by atoms with Crippen molar-refractivity contribution in [3.63, 3.8) is 0 Å². The van der Waals surface area contributed by atoms with Crippen LogP contribution in [0.15, 0.2) is 29.3 Å². The molecule has 2 rings (SSSR count). The molecule has 0 radical (unpaired) electrons. The molecule has 164 valence electrons. The highest BCUT2D eigenvalue weighted by atomic mass is 127. The molecule has 1 fully saturated rings. The van der Waals surface area contributed by atoms with Gasteiger partial charge >= 0.3 is 6.09 Å². The van der Waals surface area contributed by atoms with E-state index in [0.717, 1.165) is 29.5 Å². The maximum Gasteiger partial charge on any atom is 0.407 e. The van der Waals surface area contributed by atoms with E-state index in [1.807, 2.05) is 45.0 Å². The average Bonchev–Trinajstić information content (AvgIpc) is 3.06. The van der Waals surface area contributed by atoms with Crippen LogP contribution in [0.25, 0.3) is 0 Å². The second-order valence-corrected chi connectivity index (χ2v) is 8.17. The molecule has 7 nitrogen and oxygen atoms in total. The van der Waals surface area contributed by atoms with Crippen LogP contribution >= 0.6 is 35.6 Å². The Morgan fingerprint density at radius 3 is 2.62 bits per heavy atom. The number of nitrogens with one attached hydrogen (secondary N) is 2. The molecule has 1 aromatic rings. The third-order valence-electron chi connectivity index (χ3n) is 4.13. The van der Waals surface area contributed by atoms with E-state index in [1.54, 1.807) is 7.05 Å². The minimum Gasteiger partial charge on any atom is -0.444 e. The summed E-state index contributed by atoms with van der Waals surface area (Å²) >= 11 is 5.88. The fraction of sp³-hybridized carbons (Fsp3) is 0.600. The van der Waals surface area contributed by atoms with E-state index in [-0.39, 0.29) is 36.1 Å². The number of likely N-dealkylation sites (tertiary alicyclic amines) is 1. The van der Waals surface area contributed by atoms with Crippen molar-refractivity contribution >= 4 is 47.6 Å². The van der Waals surface area contributed by atoms with E-state index in [0.29, 0.717) is 26.3 Å². The lowest BCUT2D eigenvalue weighted by Crippen LogP contribution is -2.44. The summed E-state index contributed by atoms with van der Waals surface area (Å²) in [6.45, 7) is 8.85. The van der Waals surface area contributed by atoms with Gasteiger partial charge in [0.25, 0.3) is 0 Å². The van der Waals surface area contributed by atoms with Gasteiger partial charge in [0.1, 0.15) is 5.60 Å². The monoisotopic (exact) mass is 538 g/mol. The number of amides is 1. The van der Waals surface area contributed by atoms with Crippen molar-refractivity contribution in [2.45, 2.75) is 45.4 Å². The molecule has 1 atom stereocenters. The Hall–Kier alpha value is -1.26. The Balaban J connectivity index is 0.00000420. The number of nitrogens with zero attached hydrogens (tertiary/aromatic N) is 2. The summed E-state index contributed by atoms with van der Waals surface area (Å²) in [5, 5.41) is 6.95. The van der Waals surface area contributed by atoms with Gasteiger partial charge in [-0.25, -0.2) is 4.79 Å². The van der Waals surface area contributed by atoms with Crippen molar-refractivity contribution in [2.75, 3.05) is 33.3 Å². The molecule has 1 heterocycles. The SMILES string of the molecule is CN=C(NCCOCc1ccc(Cl)cc1)N1CC[C@@H](NC(=O)OC(C)(C)C)C1.I. The Morgan fingerprint density at radius 1 is 1.31 bits per heavy atom. The Bertz CT molecular complexity index is 665. The van der Waals surface area contributed by atoms with Crippen molar-refractivity contribution in [2.24, 2.45) is 4.99 Å². The van der Waals surface area contributed by atoms with Gasteiger partial charge < -0.3 is 25.0 Å². The van der Waals surface area contributed by atoms with Crippen molar-refractivity contribution in [3.8, 4) is 0 Å². The van der Waals surface area contributed by atoms with Gasteiger partial charge in [-0.15, -0.1) is 24.0 Å². The number of carbonyl (C=O) groups is 1. The maximum absolute atomic E-state index is 11.9. The van der Waals surface area contributed by atoms with Crippen LogP contribution in [0.4, 0.5) is 4.79 Å². The number of benzene rings is 1. The van der Waals surface area contributed by atoms with E-state index >= 15 is 0 Å². The standard InChI is InChI=1S/C20H31ClN4O3.HI/c1-20(2,3)28-19(26)24-17-9-11-25(13-17)18(22-4)23-10-12-27-14-15-5-7-16(21)8-6-15;/h5-8,17H,9-14H2,1-4H3,(H,22,23)(H,24,26);1H/t17-;/m1./s1. The van der Waals surface area contributed by atoms with E-state index < -0.39 is 5.60 Å². The largest absolute Gasteiger partial charge is 0.444 e. The van der Waals surface area contributed by atoms with Gasteiger partial charge in [-0.3, -0.25) is 4.99 Å². The molecule has 1 aliphatic rings. The summed E-state index contributed by atoms with van der Waals surface area (Å²) in [4.78, 5) is 18.4. The van der Waals surface area contributed by atoms with E-state index in [4.69, 9.17) is 21.1 Å². The Labute approximate surface area is 195 Å². The first-order chi connectivity index (χ1) is 13.3. The van der Waals surface area contributed by atoms with Gasteiger partial charge in [0.2, 0.25) is 0 Å². The molecule has 1 saturated heterocycles. The van der Waals surface area contributed by atoms with E-state index in [9.17, 15) is 4.79 Å². The quantitative estimate of drug-likeness (QED) is 0.250. The third-order valence-corrected chi connectivity index (χ3v) is 4.38. The molecule has 29 heavy (non-hydrogen) atoms. The zero-order chi connectivity index (χ0) is 20.6. The first-order valence-corrected chi connectivity index (χ1v) is 9.92. The number of rotatable bonds is 6. The summed E-state index contributed by atoms with van der Waals surface area (Å²) in [7, 11) is 1.76. The average molecular weight is 539 g/mol. The second kappa shape index (κ2) is 12.4. The Morgan fingerprint density at radius 2 is 2.00 bits per heavy atom. The van der Waals surface area contributed by atoms with Gasteiger partial charge in [-0.1, -0.05) is 23.7 Å². The second-order valence-electron chi connectivity index (χ2n) is 7.73. The zero-order valence-corrected chi connectivity index (χ0v) is 20.6. The minimum atomic E-state index is -0.494. The van der Waals surface area contributed by atoms with Crippen molar-refractivity contribution in [3.05, 3.63) is 34.9 Å². The minimum absolute atomic E-state index is 0. The first-order valence-electron chi connectivity index (χ1n) is 9.54. The van der Waals surface area contributed by atoms with Gasteiger partial charge in [-0.05, 0) is 44.9 Å². The number of guanidine groups is 1. The normalized spacial score (nSPS) is 16.9. The van der Waals surface area contributed by atoms with Gasteiger partial charge in [0.05, 0.1) is 19.3 Å². The number of alkyl carbamates (subject to hydrolysis) is 1. The first kappa shape index (κ1) is 25.8. The van der Waals surface area contributed by atoms with Crippen LogP contribution in [-0.2, 0) is 16.1 Å². The fourth-order valence-corrected chi connectivity index (χ4v) is 3.01. The molecule has 0 unspecified atom stereocenters. The summed E-state index contributed by atoms with van der Waals surface area (Å²) in [6, 6.07) is 7.67. The zero-order valence-electron chi connectivity index (χ0n) is 17.5. The molecule has 1 aromatic carbocycles. The highest BCUT2D eigenvalue weighted by Crippen LogP contribution is 2.12. The Kier molecular flexibility index (Phi) is 11.1. The highest BCUT2D eigenvalue weighted by Gasteiger charge is 2.27. The molecule has 0 bridgehead atoms. The van der Waals surface area contributed by atoms with Crippen LogP contribution in [0.5, 0.6) is 0 Å². The molecule has 1 amide bonds. The van der Waals surface area contributed by atoms with Crippen LogP contribution in [0.2, 0.25) is 5.02 Å². The smallest absolute Gasteiger partial charge is 0.407 e. The van der Waals surface area contributed by atoms with Crippen LogP contribution in [0.1, 0.15) is 32.8 Å². The van der Waals surface area contributed by atoms with E-state index in [2.05, 4.69) is 20.5 Å². The fourth-order valence-electron chi connectivity index (χ4n) is 2.88. The lowest BCUT2D eigenvalue weighted by atomic mass is 10.2. The van der Waals surface area contributed by atoms with Crippen LogP contribution < -0.4 is 10.6 Å². The van der Waals surface area contributed by atoms with Crippen LogP contribution in [0.3, 0.4) is 0 Å². The molecule has 0 saturated carbocycles. The lowest BCUT2D eigenvalue weighted by molar-refractivity contribution is 0.0507. The summed E-state index contributed by atoms with van der Waals surface area (Å²) in [6.07, 6.45) is 0.477. The van der Waals surface area contributed by atoms with Crippen molar-refractivity contribution in [1.82, 2.24) is 15.5 Å². The molecule has 1 aliphatic heterocycles. The predicted octanol–water partition coefficient (Wildman–Crippen LogP) is 3.65. The van der Waals surface area contributed by atoms with E-state index in [1.165, 1.54) is 0 Å². The third kappa shape index (κ3) is 9.86. The molecular formula is C20H32ClIN4O3. The topological polar surface area (TPSA) is 75.2 Å². The lowest BCUT2D eigenvalue weighted by Gasteiger charge is -2.23. The molecular weight excluding hydrogens is 507 g/mol. The summed E-state index contributed by atoms with van der Waals surface area (Å²) in [5.41, 5.74) is 0.593. The number of carbonyl (C=O) groups excluding carboxylic acids is 1. The van der Waals surface area contributed by atoms with Crippen LogP contribution in [0, 0.1) is 0 Å². The van der Waals surface area contributed by atoms with Crippen LogP contribution in [-0.4, -0.2) is 61.9 Å². The molecule has 0 spiro atoms. The number of halogens is 2. The summed E-state index contributed by atoms with van der Waals surface area (Å²) in [5.74, 6) is 0.809. The predicted molar refractivity (Wildman–Crippen MR) is 127 cm³/mol. The maximum atomic E-state index is 11.9. The highest BCUT2D eigenvalue weighted by molar-refractivity contribution is 14.0. The summed E-state index contributed by atoms with van der Waals surface area (Å²) < 4.78 is 11.0. The van der Waals surface area contributed by atoms with Crippen molar-refractivity contribution < 1.29 is 14.3 Å². The van der Waals surface area contributed by atoms with Crippen molar-refractivity contribution in [1.29, 1.82) is 0 Å². The molecule has 9 heteroatoms. The molecule has 2 N–H and O–H groups in total. The number of ether oxygens (including phenoxy) is 2. The van der Waals surface area contributed by atoms with Gasteiger partial charge in [-0.2, -0.15) is 0 Å². The molecule has 0 aliphatic carbocycles. The van der Waals surface area contributed by atoms with Gasteiger partial charge in [0, 0.05) is 31.7 Å². The van der Waals surface area contributed by atoms with Gasteiger partial charge in [0.15, 0.2) is 5.96 Å². The number of aliphatic imine (C=N–C) groups is 1. The molecule has 0 aromatic heterocycles. The number of hydrogen-bond acceptors (Lipinski definition) is 4. The number of hydrogen-bond donors (Lipinski definition) is 2.